The van der Waals surface area contributed by atoms with Gasteiger partial charge in [-0.05, 0) is 181 Å². The predicted molar refractivity (Wildman–Crippen MR) is 192 cm³/mol. The Kier molecular flexibility index (Phi) is 13.4. The summed E-state index contributed by atoms with van der Waals surface area (Å²) in [7, 11) is 0. The average molecular weight is 577 g/mol. The Hall–Kier alpha value is -4.99. The van der Waals surface area contributed by atoms with Crippen molar-refractivity contribution in [1.29, 1.82) is 0 Å². The van der Waals surface area contributed by atoms with E-state index in [0.717, 1.165) is 37.5 Å². The summed E-state index contributed by atoms with van der Waals surface area (Å²) in [5, 5.41) is 10.4. The standard InChI is InChI=1S/C19H28O2.C19H4.O2.12H2/c1-18-9-7-13(20)11-12(18)3-4-14-15-5-6-17(21)19(15,2)10-8-16(14)18;1-3-5-7-9-11-13-15-17-19-18-16-14-12-10-8-6-4-2;1-2;;;;;;;;;;;;/h11,14-17,21H,3-10H2,1-2H3;1H,2H3;;12*1H/t14-,15-,16-,17-,18-,19-;;;;;;;;;;;;;;/m0............../s1. The second-order valence-corrected chi connectivity index (χ2v) is 10.9. The Morgan fingerprint density at radius 2 is 1.26 bits per heavy atom. The van der Waals surface area contributed by atoms with Crippen molar-refractivity contribution in [2.45, 2.75) is 78.2 Å². The molecule has 42 heavy (non-hydrogen) atoms. The summed E-state index contributed by atoms with van der Waals surface area (Å²) in [6, 6.07) is 0. The molecular formula is C38H56O4. The zero-order valence-electron chi connectivity index (χ0n) is 24.3. The fourth-order valence-electron chi connectivity index (χ4n) is 7.04. The number of carbonyl (C=O) groups excluding carboxylic acids is 1. The van der Waals surface area contributed by atoms with E-state index < -0.39 is 0 Å². The lowest BCUT2D eigenvalue weighted by molar-refractivity contribution is -0.118. The zero-order valence-corrected chi connectivity index (χ0v) is 24.3. The molecule has 1 N–H and O–H groups in total. The van der Waals surface area contributed by atoms with E-state index in [2.05, 4.69) is 114 Å². The Bertz CT molecular complexity index is 1670. The molecule has 3 fully saturated rings. The van der Waals surface area contributed by atoms with E-state index in [0.29, 0.717) is 11.7 Å². The van der Waals surface area contributed by atoms with Gasteiger partial charge in [0.25, 0.3) is 0 Å². The molecule has 0 amide bonds. The van der Waals surface area contributed by atoms with Crippen LogP contribution >= 0.6 is 0 Å². The molecule has 0 aromatic rings. The van der Waals surface area contributed by atoms with Gasteiger partial charge in [-0.15, -0.1) is 6.42 Å². The number of carbonyl (C=O) groups is 1. The molecule has 232 valence electrons. The first kappa shape index (κ1) is 33.2. The van der Waals surface area contributed by atoms with Gasteiger partial charge in [-0.3, -0.25) is 4.79 Å². The molecule has 4 nitrogen and oxygen atoms in total. The second kappa shape index (κ2) is 17.0. The highest BCUT2D eigenvalue weighted by Crippen LogP contribution is 2.65. The lowest BCUT2D eigenvalue weighted by Gasteiger charge is -2.57. The molecule has 6 atom stereocenters. The molecule has 0 aromatic carbocycles. The van der Waals surface area contributed by atoms with Crippen molar-refractivity contribution in [3.05, 3.63) is 21.6 Å². The van der Waals surface area contributed by atoms with E-state index in [1.54, 1.807) is 6.92 Å². The Morgan fingerprint density at radius 1 is 0.738 bits per heavy atom. The molecular weight excluding hydrogens is 520 g/mol. The van der Waals surface area contributed by atoms with Gasteiger partial charge in [0, 0.05) is 33.5 Å². The number of hydrogen-bond donors (Lipinski definition) is 1. The van der Waals surface area contributed by atoms with Crippen molar-refractivity contribution in [3.8, 4) is 107 Å². The lowest BCUT2D eigenvalue weighted by Crippen LogP contribution is -2.51. The minimum atomic E-state index is -0.0823. The largest absolute Gasteiger partial charge is 0.393 e. The summed E-state index contributed by atoms with van der Waals surface area (Å²) in [6.07, 6.45) is 15.6. The maximum atomic E-state index is 11.8. The summed E-state index contributed by atoms with van der Waals surface area (Å²) < 4.78 is 0. The summed E-state index contributed by atoms with van der Waals surface area (Å²) in [5.74, 6) is 44.5. The van der Waals surface area contributed by atoms with Crippen molar-refractivity contribution in [2.75, 3.05) is 0 Å². The van der Waals surface area contributed by atoms with Gasteiger partial charge in [0.05, 0.1) is 6.10 Å². The van der Waals surface area contributed by atoms with Crippen LogP contribution in [0, 0.1) is 146 Å². The highest BCUT2D eigenvalue weighted by Gasteiger charge is 2.58. The van der Waals surface area contributed by atoms with Crippen molar-refractivity contribution in [2.24, 2.45) is 28.6 Å². The number of aliphatic hydroxyl groups excluding tert-OH is 1. The maximum absolute atomic E-state index is 11.8. The molecule has 0 saturated heterocycles. The number of terminal acetylenes is 1. The van der Waals surface area contributed by atoms with Crippen LogP contribution in [-0.2, 0) is 4.79 Å². The van der Waals surface area contributed by atoms with Crippen LogP contribution in [0.4, 0.5) is 0 Å². The summed E-state index contributed by atoms with van der Waals surface area (Å²) in [4.78, 5) is 25.8. The topological polar surface area (TPSA) is 71.4 Å². The highest BCUT2D eigenvalue weighted by molar-refractivity contribution is 5.91. The predicted octanol–water partition coefficient (Wildman–Crippen LogP) is 7.56. The van der Waals surface area contributed by atoms with Crippen molar-refractivity contribution < 1.29 is 27.0 Å². The molecule has 0 bridgehead atoms. The molecule has 0 aromatic heterocycles. The highest BCUT2D eigenvalue weighted by atomic mass is 16.7. The first-order valence-electron chi connectivity index (χ1n) is 13.8. The minimum Gasteiger partial charge on any atom is -0.393 e. The van der Waals surface area contributed by atoms with E-state index in [1.165, 1.54) is 31.3 Å². The van der Waals surface area contributed by atoms with Crippen LogP contribution in [0.5, 0.6) is 0 Å². The van der Waals surface area contributed by atoms with E-state index in [-0.39, 0.29) is 34.1 Å². The Morgan fingerprint density at radius 3 is 1.79 bits per heavy atom. The number of ketones is 1. The van der Waals surface area contributed by atoms with E-state index in [9.17, 15) is 9.90 Å². The van der Waals surface area contributed by atoms with Crippen molar-refractivity contribution in [3.63, 3.8) is 0 Å². The van der Waals surface area contributed by atoms with Gasteiger partial charge < -0.3 is 5.11 Å². The Balaban J connectivity index is -0.0000000602. The van der Waals surface area contributed by atoms with E-state index >= 15 is 0 Å². The number of allylic oxidation sites excluding steroid dienone is 1. The second-order valence-electron chi connectivity index (χ2n) is 10.9. The van der Waals surface area contributed by atoms with Crippen LogP contribution < -0.4 is 0 Å². The van der Waals surface area contributed by atoms with Crippen LogP contribution in [0.25, 0.3) is 0 Å². The van der Waals surface area contributed by atoms with E-state index in [1.807, 2.05) is 6.08 Å². The normalized spacial score (nSPS) is 28.2. The Labute approximate surface area is 268 Å². The van der Waals surface area contributed by atoms with Crippen LogP contribution in [0.2, 0.25) is 0 Å². The van der Waals surface area contributed by atoms with E-state index in [4.69, 9.17) is 16.4 Å². The summed E-state index contributed by atoms with van der Waals surface area (Å²) in [6.45, 7) is 6.46. The van der Waals surface area contributed by atoms with Gasteiger partial charge in [0.15, 0.2) is 5.78 Å². The number of aliphatic hydroxyl groups is 1. The fourth-order valence-corrected chi connectivity index (χ4v) is 7.04. The van der Waals surface area contributed by atoms with Gasteiger partial charge in [0.1, 0.15) is 0 Å². The molecule has 3 saturated carbocycles. The number of fused-ring (bicyclic) bond motifs is 5. The van der Waals surface area contributed by atoms with Crippen molar-refractivity contribution >= 4 is 5.78 Å². The number of hydrogen-bond acceptors (Lipinski definition) is 4. The fraction of sp³-hybridized carbons (Fsp3) is 0.447. The summed E-state index contributed by atoms with van der Waals surface area (Å²) in [5.41, 5.74) is 1.89. The summed E-state index contributed by atoms with van der Waals surface area (Å²) >= 11 is 0. The third-order valence-corrected chi connectivity index (χ3v) is 8.98. The molecule has 4 rings (SSSR count). The first-order chi connectivity index (χ1) is 20.4. The van der Waals surface area contributed by atoms with Crippen LogP contribution in [-0.4, -0.2) is 17.0 Å². The van der Waals surface area contributed by atoms with Gasteiger partial charge >= 0.3 is 0 Å². The van der Waals surface area contributed by atoms with Gasteiger partial charge in [0.2, 0.25) is 0 Å². The SMILES string of the molecule is C#CC#CC#CC#CC#CC#CC#CC#CC#CC.C[C@]12CC[C@H]3[C@@H](CCC4=CC(=O)CC[C@@]43C)[C@@H]1CC[C@@H]2O.O=O.[HH].[HH].[HH].[HH].[HH].[HH].[HH].[HH].[HH].[HH].[HH].[HH]. The molecule has 4 aliphatic rings. The first-order valence-corrected chi connectivity index (χ1v) is 13.8. The monoisotopic (exact) mass is 576 g/mol. The molecule has 0 spiro atoms. The minimum absolute atomic E-state index is 0. The third kappa shape index (κ3) is 8.50. The van der Waals surface area contributed by atoms with Crippen LogP contribution in [0.1, 0.15) is 89.3 Å². The van der Waals surface area contributed by atoms with Gasteiger partial charge in [-0.1, -0.05) is 25.3 Å². The van der Waals surface area contributed by atoms with Crippen LogP contribution in [0.3, 0.4) is 0 Å². The number of rotatable bonds is 0. The van der Waals surface area contributed by atoms with Crippen molar-refractivity contribution in [1.82, 2.24) is 0 Å². The zero-order chi connectivity index (χ0) is 30.8. The van der Waals surface area contributed by atoms with Gasteiger partial charge in [-0.2, -0.15) is 0 Å². The average Bonchev–Trinajstić information content (AvgIpc) is 3.31. The molecule has 0 aliphatic heterocycles. The molecule has 0 radical (unpaired) electrons. The molecule has 4 heteroatoms. The molecule has 0 unspecified atom stereocenters. The molecule has 0 heterocycles. The third-order valence-electron chi connectivity index (χ3n) is 8.98. The maximum Gasteiger partial charge on any atom is 0.155 e. The molecule has 4 aliphatic carbocycles. The quantitative estimate of drug-likeness (QED) is 0.302. The van der Waals surface area contributed by atoms with Gasteiger partial charge in [-0.25, -0.2) is 0 Å². The lowest BCUT2D eigenvalue weighted by atomic mass is 9.47. The van der Waals surface area contributed by atoms with Crippen LogP contribution in [0.15, 0.2) is 11.6 Å². The smallest absolute Gasteiger partial charge is 0.155 e.